The summed E-state index contributed by atoms with van der Waals surface area (Å²) >= 11 is 0. The number of nitrogens with zero attached hydrogens (tertiary/aromatic N) is 4. The van der Waals surface area contributed by atoms with Crippen LogP contribution in [0.5, 0.6) is 0 Å². The van der Waals surface area contributed by atoms with Crippen LogP contribution >= 0.6 is 0 Å². The minimum atomic E-state index is -0.0236. The maximum absolute atomic E-state index is 12.7. The molecular weight excluding hydrogens is 382 g/mol. The fourth-order valence-electron chi connectivity index (χ4n) is 4.01. The molecule has 1 amide bonds. The van der Waals surface area contributed by atoms with Gasteiger partial charge in [-0.15, -0.1) is 0 Å². The van der Waals surface area contributed by atoms with Gasteiger partial charge in [0.25, 0.3) is 6.01 Å². The highest BCUT2D eigenvalue weighted by Crippen LogP contribution is 2.27. The van der Waals surface area contributed by atoms with Crippen LogP contribution in [0.3, 0.4) is 0 Å². The topological polar surface area (TPSA) is 83.7 Å². The van der Waals surface area contributed by atoms with Crippen LogP contribution in [0.4, 0.5) is 17.5 Å². The van der Waals surface area contributed by atoms with E-state index in [1.807, 2.05) is 36.4 Å². The van der Waals surface area contributed by atoms with Crippen LogP contribution in [0.15, 0.2) is 47.0 Å². The van der Waals surface area contributed by atoms with E-state index >= 15 is 0 Å². The molecule has 2 fully saturated rings. The molecule has 4 heterocycles. The number of rotatable bonds is 4. The number of para-hydroxylation sites is 2. The molecule has 3 aromatic rings. The summed E-state index contributed by atoms with van der Waals surface area (Å²) in [6.45, 7) is 4.64. The molecule has 0 spiro atoms. The number of benzene rings is 1. The molecule has 5 rings (SSSR count). The van der Waals surface area contributed by atoms with Gasteiger partial charge >= 0.3 is 0 Å². The Morgan fingerprint density at radius 1 is 1.00 bits per heavy atom. The average molecular weight is 407 g/mol. The lowest BCUT2D eigenvalue weighted by molar-refractivity contribution is -0.120. The Hall–Kier alpha value is -3.13. The molecular formula is C22H25N5O3. The number of carbonyl (C=O) groups excluding carboxylic acids is 1. The molecule has 156 valence electrons. The largest absolute Gasteiger partial charge is 0.423 e. The maximum Gasteiger partial charge on any atom is 0.298 e. The number of anilines is 3. The summed E-state index contributed by atoms with van der Waals surface area (Å²) in [7, 11) is 0. The third kappa shape index (κ3) is 3.95. The minimum Gasteiger partial charge on any atom is -0.423 e. The second kappa shape index (κ2) is 8.31. The lowest BCUT2D eigenvalue weighted by Gasteiger charge is -2.30. The normalized spacial score (nSPS) is 18.0. The van der Waals surface area contributed by atoms with Crippen molar-refractivity contribution in [2.45, 2.75) is 12.8 Å². The van der Waals surface area contributed by atoms with E-state index < -0.39 is 0 Å². The molecule has 2 aromatic heterocycles. The van der Waals surface area contributed by atoms with Gasteiger partial charge in [-0.05, 0) is 37.1 Å². The van der Waals surface area contributed by atoms with Gasteiger partial charge in [-0.3, -0.25) is 4.79 Å². The Morgan fingerprint density at radius 2 is 1.80 bits per heavy atom. The Kier molecular flexibility index (Phi) is 5.23. The molecule has 1 aromatic carbocycles. The van der Waals surface area contributed by atoms with Crippen LogP contribution in [0.25, 0.3) is 11.1 Å². The van der Waals surface area contributed by atoms with Crippen molar-refractivity contribution in [1.82, 2.24) is 9.97 Å². The van der Waals surface area contributed by atoms with Crippen LogP contribution in [0.2, 0.25) is 0 Å². The molecule has 2 aliphatic rings. The highest BCUT2D eigenvalue weighted by atomic mass is 16.5. The number of fused-ring (bicyclic) bond motifs is 1. The van der Waals surface area contributed by atoms with E-state index in [0.717, 1.165) is 74.8 Å². The average Bonchev–Trinajstić information content (AvgIpc) is 3.25. The fraction of sp³-hybridized carbons (Fsp3) is 0.409. The first-order valence-corrected chi connectivity index (χ1v) is 10.5. The maximum atomic E-state index is 12.7. The second-order valence-electron chi connectivity index (χ2n) is 7.72. The van der Waals surface area contributed by atoms with Crippen molar-refractivity contribution in [3.8, 4) is 0 Å². The number of morpholine rings is 1. The van der Waals surface area contributed by atoms with Crippen molar-refractivity contribution in [3.05, 3.63) is 42.6 Å². The van der Waals surface area contributed by atoms with Crippen molar-refractivity contribution in [3.63, 3.8) is 0 Å². The molecule has 0 bridgehead atoms. The smallest absolute Gasteiger partial charge is 0.298 e. The zero-order chi connectivity index (χ0) is 20.3. The first-order chi connectivity index (χ1) is 14.8. The number of carbonyl (C=O) groups is 1. The third-order valence-corrected chi connectivity index (χ3v) is 5.77. The van der Waals surface area contributed by atoms with E-state index in [-0.39, 0.29) is 11.8 Å². The van der Waals surface area contributed by atoms with Crippen molar-refractivity contribution in [1.29, 1.82) is 0 Å². The fourth-order valence-corrected chi connectivity index (χ4v) is 4.01. The van der Waals surface area contributed by atoms with E-state index in [4.69, 9.17) is 9.15 Å². The lowest BCUT2D eigenvalue weighted by atomic mass is 9.96. The molecule has 0 unspecified atom stereocenters. The Labute approximate surface area is 174 Å². The molecule has 0 saturated carbocycles. The van der Waals surface area contributed by atoms with E-state index in [1.165, 1.54) is 0 Å². The van der Waals surface area contributed by atoms with Gasteiger partial charge in [-0.25, -0.2) is 4.98 Å². The molecule has 2 aliphatic heterocycles. The molecule has 0 atom stereocenters. The molecule has 8 heteroatoms. The summed E-state index contributed by atoms with van der Waals surface area (Å²) < 4.78 is 11.2. The Morgan fingerprint density at radius 3 is 2.53 bits per heavy atom. The number of hydrogen-bond donors (Lipinski definition) is 1. The summed E-state index contributed by atoms with van der Waals surface area (Å²) in [5.41, 5.74) is 2.39. The molecule has 1 N–H and O–H groups in total. The molecule has 0 radical (unpaired) electrons. The van der Waals surface area contributed by atoms with Gasteiger partial charge in [0.2, 0.25) is 5.91 Å². The number of oxazole rings is 1. The van der Waals surface area contributed by atoms with Crippen LogP contribution in [-0.2, 0) is 9.53 Å². The van der Waals surface area contributed by atoms with Gasteiger partial charge in [-0.1, -0.05) is 12.1 Å². The van der Waals surface area contributed by atoms with Crippen LogP contribution in [-0.4, -0.2) is 55.3 Å². The number of nitrogens with one attached hydrogen (secondary N) is 1. The number of piperidine rings is 1. The predicted molar refractivity (Wildman–Crippen MR) is 115 cm³/mol. The van der Waals surface area contributed by atoms with Gasteiger partial charge in [0.15, 0.2) is 5.58 Å². The SMILES string of the molecule is O=C(Nc1ccc(N2CCOCC2)nc1)C1CCN(c2nc3ccccc3o2)CC1. The quantitative estimate of drug-likeness (QED) is 0.712. The van der Waals surface area contributed by atoms with E-state index in [0.29, 0.717) is 6.01 Å². The zero-order valence-corrected chi connectivity index (χ0v) is 16.8. The third-order valence-electron chi connectivity index (χ3n) is 5.77. The first kappa shape index (κ1) is 18.9. The summed E-state index contributed by atoms with van der Waals surface area (Å²) in [5, 5.41) is 3.02. The molecule has 0 aliphatic carbocycles. The van der Waals surface area contributed by atoms with Gasteiger partial charge in [-0.2, -0.15) is 4.98 Å². The molecule has 8 nitrogen and oxygen atoms in total. The summed E-state index contributed by atoms with van der Waals surface area (Å²) in [5.74, 6) is 0.945. The Bertz CT molecular complexity index is 972. The van der Waals surface area contributed by atoms with Crippen LogP contribution < -0.4 is 15.1 Å². The Balaban J connectivity index is 1.15. The van der Waals surface area contributed by atoms with Crippen molar-refractivity contribution >= 4 is 34.5 Å². The highest BCUT2D eigenvalue weighted by molar-refractivity contribution is 5.92. The summed E-state index contributed by atoms with van der Waals surface area (Å²) in [4.78, 5) is 26.1. The second-order valence-corrected chi connectivity index (χ2v) is 7.72. The van der Waals surface area contributed by atoms with E-state index in [9.17, 15) is 4.79 Å². The van der Waals surface area contributed by atoms with Crippen molar-refractivity contribution < 1.29 is 13.9 Å². The minimum absolute atomic E-state index is 0.0236. The van der Waals surface area contributed by atoms with E-state index in [1.54, 1.807) is 6.20 Å². The predicted octanol–water partition coefficient (Wildman–Crippen LogP) is 2.91. The van der Waals surface area contributed by atoms with Crippen LogP contribution in [0.1, 0.15) is 12.8 Å². The van der Waals surface area contributed by atoms with Gasteiger partial charge in [0.1, 0.15) is 11.3 Å². The first-order valence-electron chi connectivity index (χ1n) is 10.5. The van der Waals surface area contributed by atoms with Gasteiger partial charge in [0, 0.05) is 32.1 Å². The van der Waals surface area contributed by atoms with Crippen LogP contribution in [0, 0.1) is 5.92 Å². The zero-order valence-electron chi connectivity index (χ0n) is 16.8. The number of pyridine rings is 1. The highest BCUT2D eigenvalue weighted by Gasteiger charge is 2.27. The van der Waals surface area contributed by atoms with Gasteiger partial charge in [0.05, 0.1) is 25.1 Å². The lowest BCUT2D eigenvalue weighted by Crippen LogP contribution is -2.38. The van der Waals surface area contributed by atoms with Gasteiger partial charge < -0.3 is 24.3 Å². The number of aromatic nitrogens is 2. The number of hydrogen-bond acceptors (Lipinski definition) is 7. The van der Waals surface area contributed by atoms with Crippen molar-refractivity contribution in [2.24, 2.45) is 5.92 Å². The van der Waals surface area contributed by atoms with E-state index in [2.05, 4.69) is 25.1 Å². The molecule has 2 saturated heterocycles. The van der Waals surface area contributed by atoms with Crippen molar-refractivity contribution in [2.75, 3.05) is 54.5 Å². The standard InChI is InChI=1S/C22H25N5O3/c28-21(24-17-5-6-20(23-15-17)26-11-13-29-14-12-26)16-7-9-27(10-8-16)22-25-18-3-1-2-4-19(18)30-22/h1-6,15-16H,7-14H2,(H,24,28). The summed E-state index contributed by atoms with van der Waals surface area (Å²) in [6, 6.07) is 12.3. The monoisotopic (exact) mass is 407 g/mol. The number of amides is 1. The number of ether oxygens (including phenoxy) is 1. The summed E-state index contributed by atoms with van der Waals surface area (Å²) in [6.07, 6.45) is 3.27. The molecule has 30 heavy (non-hydrogen) atoms.